The van der Waals surface area contributed by atoms with Gasteiger partial charge in [0.15, 0.2) is 5.82 Å². The van der Waals surface area contributed by atoms with Crippen LogP contribution in [0.2, 0.25) is 0 Å². The molecule has 19 heavy (non-hydrogen) atoms. The highest BCUT2D eigenvalue weighted by Crippen LogP contribution is 2.23. The summed E-state index contributed by atoms with van der Waals surface area (Å²) in [7, 11) is 0. The average molecular weight is 260 g/mol. The molecule has 3 N–H and O–H groups in total. The second-order valence-corrected chi connectivity index (χ2v) is 4.74. The first-order valence-corrected chi connectivity index (χ1v) is 6.44. The first-order chi connectivity index (χ1) is 9.08. The van der Waals surface area contributed by atoms with Crippen molar-refractivity contribution in [2.45, 2.75) is 40.2 Å². The van der Waals surface area contributed by atoms with E-state index in [1.54, 1.807) is 12.5 Å². The van der Waals surface area contributed by atoms with Crippen molar-refractivity contribution in [2.75, 3.05) is 5.43 Å². The quantitative estimate of drug-likeness (QED) is 0.649. The minimum atomic E-state index is 0.307. The van der Waals surface area contributed by atoms with Crippen LogP contribution in [0.1, 0.15) is 38.1 Å². The number of nitrogens with two attached hydrogens (primary N) is 1. The maximum atomic E-state index is 5.55. The van der Waals surface area contributed by atoms with Crippen LogP contribution < -0.4 is 11.3 Å². The molecule has 2 rings (SSSR count). The van der Waals surface area contributed by atoms with Gasteiger partial charge in [-0.25, -0.2) is 20.8 Å². The van der Waals surface area contributed by atoms with E-state index < -0.39 is 0 Å². The second-order valence-electron chi connectivity index (χ2n) is 4.74. The van der Waals surface area contributed by atoms with Gasteiger partial charge in [-0.15, -0.1) is 0 Å². The summed E-state index contributed by atoms with van der Waals surface area (Å²) >= 11 is 0. The van der Waals surface area contributed by atoms with Crippen LogP contribution in [-0.4, -0.2) is 19.5 Å². The molecule has 0 unspecified atom stereocenters. The van der Waals surface area contributed by atoms with Crippen molar-refractivity contribution < 1.29 is 0 Å². The fourth-order valence-corrected chi connectivity index (χ4v) is 2.14. The molecule has 2 heterocycles. The van der Waals surface area contributed by atoms with Gasteiger partial charge in [-0.2, -0.15) is 0 Å². The van der Waals surface area contributed by atoms with Crippen molar-refractivity contribution in [1.29, 1.82) is 0 Å². The zero-order valence-electron chi connectivity index (χ0n) is 11.8. The standard InChI is InChI=1S/C13H20N6/c1-5-10-9(4)16-13(17-12(10)18-14)11-6-15-7-19(11)8(2)3/h6-8H,5,14H2,1-4H3,(H,16,17,18). The lowest BCUT2D eigenvalue weighted by atomic mass is 10.1. The summed E-state index contributed by atoms with van der Waals surface area (Å²) in [4.78, 5) is 13.2. The van der Waals surface area contributed by atoms with E-state index >= 15 is 0 Å². The Balaban J connectivity index is 2.57. The summed E-state index contributed by atoms with van der Waals surface area (Å²) in [6.07, 6.45) is 4.41. The van der Waals surface area contributed by atoms with Gasteiger partial charge in [0.25, 0.3) is 0 Å². The summed E-state index contributed by atoms with van der Waals surface area (Å²) in [5, 5.41) is 0. The highest BCUT2D eigenvalue weighted by molar-refractivity contribution is 5.56. The molecule has 6 nitrogen and oxygen atoms in total. The zero-order chi connectivity index (χ0) is 14.0. The number of hydrogen-bond acceptors (Lipinski definition) is 5. The SMILES string of the molecule is CCc1c(C)nc(-c2cncn2C(C)C)nc1NN. The number of hydrazine groups is 1. The second kappa shape index (κ2) is 5.36. The third kappa shape index (κ3) is 2.44. The molecular formula is C13H20N6. The van der Waals surface area contributed by atoms with Crippen LogP contribution in [0.3, 0.4) is 0 Å². The Hall–Kier alpha value is -1.95. The van der Waals surface area contributed by atoms with E-state index in [1.165, 1.54) is 0 Å². The third-order valence-electron chi connectivity index (χ3n) is 3.16. The molecule has 0 amide bonds. The molecule has 0 atom stereocenters. The van der Waals surface area contributed by atoms with Crippen LogP contribution in [0.5, 0.6) is 0 Å². The summed E-state index contributed by atoms with van der Waals surface area (Å²) in [6, 6.07) is 0.307. The number of nitrogens with one attached hydrogen (secondary N) is 1. The fraction of sp³-hybridized carbons (Fsp3) is 0.462. The third-order valence-corrected chi connectivity index (χ3v) is 3.16. The van der Waals surface area contributed by atoms with E-state index in [0.717, 1.165) is 23.4 Å². The van der Waals surface area contributed by atoms with E-state index in [0.29, 0.717) is 17.7 Å². The molecule has 0 bridgehead atoms. The van der Waals surface area contributed by atoms with E-state index in [2.05, 4.69) is 41.1 Å². The average Bonchev–Trinajstić information content (AvgIpc) is 2.87. The highest BCUT2D eigenvalue weighted by Gasteiger charge is 2.15. The van der Waals surface area contributed by atoms with Crippen LogP contribution in [0.15, 0.2) is 12.5 Å². The van der Waals surface area contributed by atoms with Gasteiger partial charge in [-0.05, 0) is 27.2 Å². The Labute approximate surface area is 113 Å². The molecule has 0 aliphatic rings. The van der Waals surface area contributed by atoms with E-state index in [9.17, 15) is 0 Å². The number of anilines is 1. The molecule has 102 valence electrons. The summed E-state index contributed by atoms with van der Waals surface area (Å²) in [5.74, 6) is 6.88. The predicted octanol–water partition coefficient (Wildman–Crippen LogP) is 2.08. The smallest absolute Gasteiger partial charge is 0.180 e. The monoisotopic (exact) mass is 260 g/mol. The maximum absolute atomic E-state index is 5.55. The largest absolute Gasteiger partial charge is 0.325 e. The molecule has 0 spiro atoms. The Morgan fingerprint density at radius 2 is 2.11 bits per heavy atom. The van der Waals surface area contributed by atoms with Crippen molar-refractivity contribution in [1.82, 2.24) is 19.5 Å². The van der Waals surface area contributed by atoms with Crippen LogP contribution in [0.4, 0.5) is 5.82 Å². The molecule has 0 radical (unpaired) electrons. The molecule has 0 aromatic carbocycles. The predicted molar refractivity (Wildman–Crippen MR) is 75.6 cm³/mol. The van der Waals surface area contributed by atoms with Gasteiger partial charge in [0, 0.05) is 17.3 Å². The molecule has 0 aliphatic heterocycles. The molecule has 0 saturated carbocycles. The normalized spacial score (nSPS) is 11.1. The topological polar surface area (TPSA) is 81.7 Å². The molecular weight excluding hydrogens is 240 g/mol. The van der Waals surface area contributed by atoms with Gasteiger partial charge in [-0.3, -0.25) is 0 Å². The molecule has 0 aliphatic carbocycles. The fourth-order valence-electron chi connectivity index (χ4n) is 2.14. The van der Waals surface area contributed by atoms with Crippen molar-refractivity contribution in [3.63, 3.8) is 0 Å². The Bertz CT molecular complexity index is 573. The number of nitrogens with zero attached hydrogens (tertiary/aromatic N) is 4. The van der Waals surface area contributed by atoms with Crippen LogP contribution in [-0.2, 0) is 6.42 Å². The van der Waals surface area contributed by atoms with E-state index in [-0.39, 0.29) is 0 Å². The molecule has 0 fully saturated rings. The Kier molecular flexibility index (Phi) is 3.80. The highest BCUT2D eigenvalue weighted by atomic mass is 15.3. The lowest BCUT2D eigenvalue weighted by Crippen LogP contribution is -2.14. The van der Waals surface area contributed by atoms with Crippen molar-refractivity contribution in [3.05, 3.63) is 23.8 Å². The number of aryl methyl sites for hydroxylation is 1. The lowest BCUT2D eigenvalue weighted by molar-refractivity contribution is 0.603. The minimum absolute atomic E-state index is 0.307. The van der Waals surface area contributed by atoms with Crippen molar-refractivity contribution >= 4 is 5.82 Å². The molecule has 0 saturated heterocycles. The van der Waals surface area contributed by atoms with Gasteiger partial charge < -0.3 is 9.99 Å². The van der Waals surface area contributed by atoms with Gasteiger partial charge in [0.05, 0.1) is 12.5 Å². The summed E-state index contributed by atoms with van der Waals surface area (Å²) in [6.45, 7) is 8.23. The van der Waals surface area contributed by atoms with Gasteiger partial charge in [-0.1, -0.05) is 6.92 Å². The van der Waals surface area contributed by atoms with Gasteiger partial charge >= 0.3 is 0 Å². The van der Waals surface area contributed by atoms with Crippen molar-refractivity contribution in [3.8, 4) is 11.5 Å². The zero-order valence-corrected chi connectivity index (χ0v) is 11.8. The maximum Gasteiger partial charge on any atom is 0.180 e. The number of rotatable bonds is 4. The van der Waals surface area contributed by atoms with E-state index in [1.807, 2.05) is 11.5 Å². The van der Waals surface area contributed by atoms with Crippen LogP contribution in [0, 0.1) is 6.92 Å². The number of hydrogen-bond donors (Lipinski definition) is 2. The van der Waals surface area contributed by atoms with Gasteiger partial charge in [0.2, 0.25) is 0 Å². The van der Waals surface area contributed by atoms with E-state index in [4.69, 9.17) is 5.84 Å². The Morgan fingerprint density at radius 1 is 1.37 bits per heavy atom. The minimum Gasteiger partial charge on any atom is -0.325 e. The summed E-state index contributed by atoms with van der Waals surface area (Å²) in [5.41, 5.74) is 5.54. The molecule has 2 aromatic rings. The molecule has 2 aromatic heterocycles. The first-order valence-electron chi connectivity index (χ1n) is 6.44. The van der Waals surface area contributed by atoms with Gasteiger partial charge in [0.1, 0.15) is 11.5 Å². The lowest BCUT2D eigenvalue weighted by Gasteiger charge is -2.14. The first kappa shape index (κ1) is 13.5. The molecule has 6 heteroatoms. The van der Waals surface area contributed by atoms with Crippen LogP contribution >= 0.6 is 0 Å². The number of aromatic nitrogens is 4. The Morgan fingerprint density at radius 3 is 2.68 bits per heavy atom. The van der Waals surface area contributed by atoms with Crippen molar-refractivity contribution in [2.24, 2.45) is 5.84 Å². The number of nitrogen functional groups attached to an aromatic ring is 1. The number of imidazole rings is 1. The van der Waals surface area contributed by atoms with Crippen LogP contribution in [0.25, 0.3) is 11.5 Å². The summed E-state index contributed by atoms with van der Waals surface area (Å²) < 4.78 is 2.04.